The summed E-state index contributed by atoms with van der Waals surface area (Å²) in [7, 11) is 1.39. The highest BCUT2D eigenvalue weighted by Crippen LogP contribution is 2.21. The highest BCUT2D eigenvalue weighted by atomic mass is 16.5. The van der Waals surface area contributed by atoms with Crippen LogP contribution in [-0.4, -0.2) is 13.1 Å². The van der Waals surface area contributed by atoms with Crippen LogP contribution in [0.2, 0.25) is 0 Å². The summed E-state index contributed by atoms with van der Waals surface area (Å²) in [6.07, 6.45) is 1.10. The van der Waals surface area contributed by atoms with Gasteiger partial charge in [0, 0.05) is 0 Å². The Kier molecular flexibility index (Phi) is 4.57. The smallest absolute Gasteiger partial charge is 0.337 e. The summed E-state index contributed by atoms with van der Waals surface area (Å²) in [4.78, 5) is 11.4. The maximum atomic E-state index is 11.4. The second-order valence-corrected chi connectivity index (χ2v) is 5.36. The van der Waals surface area contributed by atoms with Crippen molar-refractivity contribution in [1.29, 1.82) is 0 Å². The maximum absolute atomic E-state index is 11.4. The van der Waals surface area contributed by atoms with Crippen molar-refractivity contribution in [2.45, 2.75) is 20.3 Å². The van der Waals surface area contributed by atoms with E-state index in [4.69, 9.17) is 4.74 Å². The zero-order valence-electron chi connectivity index (χ0n) is 12.2. The SMILES string of the molecule is COC(=O)c1ccc(-c2ccc(CC(C)C)cc2)cc1. The van der Waals surface area contributed by atoms with Crippen LogP contribution in [0, 0.1) is 5.92 Å². The second-order valence-electron chi connectivity index (χ2n) is 5.36. The van der Waals surface area contributed by atoms with Crippen molar-refractivity contribution in [2.75, 3.05) is 7.11 Å². The standard InChI is InChI=1S/C18H20O2/c1-13(2)12-14-4-6-15(7-5-14)16-8-10-17(11-9-16)18(19)20-3/h4-11,13H,12H2,1-3H3. The van der Waals surface area contributed by atoms with E-state index in [2.05, 4.69) is 38.1 Å². The first-order valence-electron chi connectivity index (χ1n) is 6.88. The maximum Gasteiger partial charge on any atom is 0.337 e. The Morgan fingerprint density at radius 3 is 1.90 bits per heavy atom. The van der Waals surface area contributed by atoms with Crippen LogP contribution in [0.5, 0.6) is 0 Å². The van der Waals surface area contributed by atoms with E-state index in [1.807, 2.05) is 12.1 Å². The molecule has 0 heterocycles. The number of methoxy groups -OCH3 is 1. The summed E-state index contributed by atoms with van der Waals surface area (Å²) in [6.45, 7) is 4.44. The van der Waals surface area contributed by atoms with Crippen LogP contribution in [-0.2, 0) is 11.2 Å². The largest absolute Gasteiger partial charge is 0.465 e. The summed E-state index contributed by atoms with van der Waals surface area (Å²) < 4.78 is 4.70. The van der Waals surface area contributed by atoms with Crippen LogP contribution < -0.4 is 0 Å². The monoisotopic (exact) mass is 268 g/mol. The fraction of sp³-hybridized carbons (Fsp3) is 0.278. The van der Waals surface area contributed by atoms with Gasteiger partial charge < -0.3 is 4.74 Å². The number of benzene rings is 2. The fourth-order valence-electron chi connectivity index (χ4n) is 2.22. The van der Waals surface area contributed by atoms with Gasteiger partial charge in [-0.25, -0.2) is 4.79 Å². The van der Waals surface area contributed by atoms with Gasteiger partial charge in [0.2, 0.25) is 0 Å². The molecule has 20 heavy (non-hydrogen) atoms. The van der Waals surface area contributed by atoms with E-state index in [0.29, 0.717) is 11.5 Å². The predicted octanol–water partition coefficient (Wildman–Crippen LogP) is 4.34. The van der Waals surface area contributed by atoms with Gasteiger partial charge in [-0.05, 0) is 41.2 Å². The molecule has 0 saturated heterocycles. The molecular formula is C18H20O2. The predicted molar refractivity (Wildman–Crippen MR) is 81.8 cm³/mol. The molecule has 0 aromatic heterocycles. The van der Waals surface area contributed by atoms with Crippen LogP contribution in [0.4, 0.5) is 0 Å². The molecule has 2 nitrogen and oxygen atoms in total. The average molecular weight is 268 g/mol. The van der Waals surface area contributed by atoms with E-state index in [0.717, 1.165) is 17.5 Å². The number of ether oxygens (including phenoxy) is 1. The summed E-state index contributed by atoms with van der Waals surface area (Å²) in [5.41, 5.74) is 4.20. The van der Waals surface area contributed by atoms with Crippen molar-refractivity contribution in [3.8, 4) is 11.1 Å². The van der Waals surface area contributed by atoms with Crippen molar-refractivity contribution in [3.05, 3.63) is 59.7 Å². The van der Waals surface area contributed by atoms with Gasteiger partial charge >= 0.3 is 5.97 Å². The number of hydrogen-bond donors (Lipinski definition) is 0. The molecular weight excluding hydrogens is 248 g/mol. The summed E-state index contributed by atoms with van der Waals surface area (Å²) in [6, 6.07) is 16.1. The van der Waals surface area contributed by atoms with Gasteiger partial charge in [0.25, 0.3) is 0 Å². The molecule has 0 amide bonds. The van der Waals surface area contributed by atoms with Crippen LogP contribution in [0.3, 0.4) is 0 Å². The number of hydrogen-bond acceptors (Lipinski definition) is 2. The molecule has 2 aromatic rings. The highest BCUT2D eigenvalue weighted by Gasteiger charge is 2.05. The van der Waals surface area contributed by atoms with E-state index >= 15 is 0 Å². The van der Waals surface area contributed by atoms with Crippen molar-refractivity contribution in [2.24, 2.45) is 5.92 Å². The van der Waals surface area contributed by atoms with Crippen LogP contribution in [0.25, 0.3) is 11.1 Å². The number of esters is 1. The molecule has 2 aromatic carbocycles. The molecule has 2 rings (SSSR count). The lowest BCUT2D eigenvalue weighted by Crippen LogP contribution is -2.00. The zero-order valence-corrected chi connectivity index (χ0v) is 12.2. The van der Waals surface area contributed by atoms with E-state index in [1.165, 1.54) is 12.7 Å². The first-order valence-corrected chi connectivity index (χ1v) is 6.88. The van der Waals surface area contributed by atoms with E-state index in [-0.39, 0.29) is 5.97 Å². The van der Waals surface area contributed by atoms with Gasteiger partial charge in [0.1, 0.15) is 0 Å². The van der Waals surface area contributed by atoms with Crippen molar-refractivity contribution in [1.82, 2.24) is 0 Å². The third-order valence-corrected chi connectivity index (χ3v) is 3.24. The van der Waals surface area contributed by atoms with Gasteiger partial charge in [-0.3, -0.25) is 0 Å². The zero-order chi connectivity index (χ0) is 14.5. The van der Waals surface area contributed by atoms with E-state index < -0.39 is 0 Å². The van der Waals surface area contributed by atoms with Crippen molar-refractivity contribution in [3.63, 3.8) is 0 Å². The minimum absolute atomic E-state index is 0.302. The molecule has 0 unspecified atom stereocenters. The summed E-state index contributed by atoms with van der Waals surface area (Å²) >= 11 is 0. The summed E-state index contributed by atoms with van der Waals surface area (Å²) in [5, 5.41) is 0. The van der Waals surface area contributed by atoms with Crippen molar-refractivity contribution >= 4 is 5.97 Å². The molecule has 104 valence electrons. The third-order valence-electron chi connectivity index (χ3n) is 3.24. The Labute approximate surface area is 120 Å². The van der Waals surface area contributed by atoms with E-state index in [9.17, 15) is 4.79 Å². The molecule has 0 aliphatic carbocycles. The van der Waals surface area contributed by atoms with Crippen LogP contribution >= 0.6 is 0 Å². The van der Waals surface area contributed by atoms with Gasteiger partial charge in [-0.2, -0.15) is 0 Å². The molecule has 2 heteroatoms. The minimum Gasteiger partial charge on any atom is -0.465 e. The van der Waals surface area contributed by atoms with Crippen molar-refractivity contribution < 1.29 is 9.53 Å². The normalized spacial score (nSPS) is 10.6. The Hall–Kier alpha value is -2.09. The van der Waals surface area contributed by atoms with Gasteiger partial charge in [0.15, 0.2) is 0 Å². The fourth-order valence-corrected chi connectivity index (χ4v) is 2.22. The Morgan fingerprint density at radius 1 is 0.950 bits per heavy atom. The molecule has 0 N–H and O–H groups in total. The molecule has 0 fully saturated rings. The molecule has 0 spiro atoms. The van der Waals surface area contributed by atoms with Gasteiger partial charge in [0.05, 0.1) is 12.7 Å². The highest BCUT2D eigenvalue weighted by molar-refractivity contribution is 5.89. The van der Waals surface area contributed by atoms with Gasteiger partial charge in [-0.1, -0.05) is 50.2 Å². The lowest BCUT2D eigenvalue weighted by molar-refractivity contribution is 0.0601. The molecule has 0 bridgehead atoms. The lowest BCUT2D eigenvalue weighted by atomic mass is 9.99. The van der Waals surface area contributed by atoms with E-state index in [1.54, 1.807) is 12.1 Å². The third kappa shape index (κ3) is 3.47. The summed E-state index contributed by atoms with van der Waals surface area (Å²) in [5.74, 6) is 0.365. The minimum atomic E-state index is -0.302. The number of rotatable bonds is 4. The molecule has 0 atom stereocenters. The second kappa shape index (κ2) is 6.38. The molecule has 0 aliphatic rings. The molecule has 0 radical (unpaired) electrons. The Bertz CT molecular complexity index is 565. The number of carbonyl (C=O) groups excluding carboxylic acids is 1. The number of carbonyl (C=O) groups is 1. The first-order chi connectivity index (χ1) is 9.60. The Morgan fingerprint density at radius 2 is 1.45 bits per heavy atom. The molecule has 0 saturated carbocycles. The molecule has 0 aliphatic heterocycles. The average Bonchev–Trinajstić information content (AvgIpc) is 2.47. The van der Waals surface area contributed by atoms with Gasteiger partial charge in [-0.15, -0.1) is 0 Å². The quantitative estimate of drug-likeness (QED) is 0.771. The lowest BCUT2D eigenvalue weighted by Gasteiger charge is -2.07. The topological polar surface area (TPSA) is 26.3 Å². The first kappa shape index (κ1) is 14.3. The Balaban J connectivity index is 2.17. The van der Waals surface area contributed by atoms with Crippen LogP contribution in [0.15, 0.2) is 48.5 Å². The van der Waals surface area contributed by atoms with Crippen LogP contribution in [0.1, 0.15) is 29.8 Å².